The lowest BCUT2D eigenvalue weighted by molar-refractivity contribution is -0.122. The second kappa shape index (κ2) is 6.44. The molecule has 3 rings (SSSR count). The van der Waals surface area contributed by atoms with Gasteiger partial charge in [0.25, 0.3) is 0 Å². The van der Waals surface area contributed by atoms with Gasteiger partial charge in [0.15, 0.2) is 0 Å². The average molecular weight is 321 g/mol. The molecule has 1 N–H and O–H groups in total. The van der Waals surface area contributed by atoms with Gasteiger partial charge in [0.1, 0.15) is 5.82 Å². The van der Waals surface area contributed by atoms with E-state index in [4.69, 9.17) is 0 Å². The number of hydrogen-bond donors (Lipinski definition) is 1. The first kappa shape index (κ1) is 16.2. The molecule has 0 aliphatic carbocycles. The molecule has 0 fully saturated rings. The maximum Gasteiger partial charge on any atom is 0.225 e. The van der Waals surface area contributed by atoms with Gasteiger partial charge >= 0.3 is 0 Å². The maximum absolute atomic E-state index is 13.7. The standard InChI is InChI=1S/C21H20FNO/c1-21(2,18-12-7-10-15-8-3-5-11-17(15)18)23-20(24)14-16-9-4-6-13-19(16)22/h3-13H,14H2,1-2H3,(H,23,24). The molecule has 24 heavy (non-hydrogen) atoms. The fourth-order valence-electron chi connectivity index (χ4n) is 3.05. The fraction of sp³-hybridized carbons (Fsp3) is 0.190. The molecule has 0 aromatic heterocycles. The third-order valence-electron chi connectivity index (χ3n) is 4.22. The molecule has 0 radical (unpaired) electrons. The van der Waals surface area contributed by atoms with Crippen LogP contribution in [0.2, 0.25) is 0 Å². The van der Waals surface area contributed by atoms with Crippen LogP contribution >= 0.6 is 0 Å². The largest absolute Gasteiger partial charge is 0.347 e. The number of rotatable bonds is 4. The summed E-state index contributed by atoms with van der Waals surface area (Å²) in [7, 11) is 0. The molecule has 0 saturated carbocycles. The van der Waals surface area contributed by atoms with Crippen molar-refractivity contribution in [1.82, 2.24) is 5.32 Å². The molecule has 0 aliphatic rings. The first-order valence-corrected chi connectivity index (χ1v) is 8.00. The van der Waals surface area contributed by atoms with Gasteiger partial charge < -0.3 is 5.32 Å². The van der Waals surface area contributed by atoms with Gasteiger partial charge in [-0.2, -0.15) is 0 Å². The summed E-state index contributed by atoms with van der Waals surface area (Å²) < 4.78 is 13.7. The van der Waals surface area contributed by atoms with Crippen LogP contribution in [0.5, 0.6) is 0 Å². The van der Waals surface area contributed by atoms with Gasteiger partial charge in [-0.3, -0.25) is 4.79 Å². The average Bonchev–Trinajstić information content (AvgIpc) is 2.56. The lowest BCUT2D eigenvalue weighted by Crippen LogP contribution is -2.42. The van der Waals surface area contributed by atoms with E-state index >= 15 is 0 Å². The van der Waals surface area contributed by atoms with Crippen molar-refractivity contribution in [2.24, 2.45) is 0 Å². The Morgan fingerprint density at radius 1 is 0.958 bits per heavy atom. The molecule has 0 atom stereocenters. The number of benzene rings is 3. The summed E-state index contributed by atoms with van der Waals surface area (Å²) in [6.45, 7) is 3.93. The summed E-state index contributed by atoms with van der Waals surface area (Å²) in [6.07, 6.45) is 0.0286. The zero-order valence-corrected chi connectivity index (χ0v) is 13.8. The van der Waals surface area contributed by atoms with E-state index in [1.165, 1.54) is 6.07 Å². The fourth-order valence-corrected chi connectivity index (χ4v) is 3.05. The summed E-state index contributed by atoms with van der Waals surface area (Å²) in [6, 6.07) is 20.5. The van der Waals surface area contributed by atoms with E-state index in [9.17, 15) is 9.18 Å². The second-order valence-electron chi connectivity index (χ2n) is 6.47. The van der Waals surface area contributed by atoms with E-state index in [1.54, 1.807) is 18.2 Å². The zero-order chi connectivity index (χ0) is 17.2. The van der Waals surface area contributed by atoms with Crippen molar-refractivity contribution in [3.8, 4) is 0 Å². The van der Waals surface area contributed by atoms with Crippen LogP contribution in [0.1, 0.15) is 25.0 Å². The van der Waals surface area contributed by atoms with Crippen LogP contribution < -0.4 is 5.32 Å². The number of amides is 1. The number of fused-ring (bicyclic) bond motifs is 1. The highest BCUT2D eigenvalue weighted by molar-refractivity contribution is 5.87. The molecule has 3 aromatic rings. The predicted molar refractivity (Wildman–Crippen MR) is 95.2 cm³/mol. The summed E-state index contributed by atoms with van der Waals surface area (Å²) in [5.74, 6) is -0.548. The Hall–Kier alpha value is -2.68. The molecule has 0 saturated heterocycles. The van der Waals surface area contributed by atoms with E-state index in [0.717, 1.165) is 16.3 Å². The van der Waals surface area contributed by atoms with E-state index < -0.39 is 5.54 Å². The van der Waals surface area contributed by atoms with Crippen LogP contribution in [0.25, 0.3) is 10.8 Å². The third-order valence-corrected chi connectivity index (χ3v) is 4.22. The Balaban J connectivity index is 1.85. The minimum Gasteiger partial charge on any atom is -0.347 e. The monoisotopic (exact) mass is 321 g/mol. The molecule has 3 aromatic carbocycles. The first-order chi connectivity index (χ1) is 11.5. The zero-order valence-electron chi connectivity index (χ0n) is 13.8. The van der Waals surface area contributed by atoms with Crippen molar-refractivity contribution in [3.63, 3.8) is 0 Å². The molecule has 0 heterocycles. The highest BCUT2D eigenvalue weighted by atomic mass is 19.1. The summed E-state index contributed by atoms with van der Waals surface area (Å²) in [5, 5.41) is 5.27. The lowest BCUT2D eigenvalue weighted by atomic mass is 9.89. The van der Waals surface area contributed by atoms with Crippen LogP contribution in [-0.2, 0) is 16.8 Å². The number of halogens is 1. The molecule has 3 heteroatoms. The Labute approximate surface area is 141 Å². The van der Waals surface area contributed by atoms with Gasteiger partial charge in [-0.15, -0.1) is 0 Å². The smallest absolute Gasteiger partial charge is 0.225 e. The van der Waals surface area contributed by atoms with Gasteiger partial charge in [-0.1, -0.05) is 60.7 Å². The van der Waals surface area contributed by atoms with Crippen LogP contribution in [0.4, 0.5) is 4.39 Å². The van der Waals surface area contributed by atoms with Crippen molar-refractivity contribution in [1.29, 1.82) is 0 Å². The van der Waals surface area contributed by atoms with Crippen LogP contribution in [0.3, 0.4) is 0 Å². The molecular formula is C21H20FNO. The van der Waals surface area contributed by atoms with E-state index in [-0.39, 0.29) is 18.1 Å². The summed E-state index contributed by atoms with van der Waals surface area (Å²) in [4.78, 5) is 12.4. The van der Waals surface area contributed by atoms with Gasteiger partial charge in [0.05, 0.1) is 12.0 Å². The van der Waals surface area contributed by atoms with E-state index in [0.29, 0.717) is 5.56 Å². The van der Waals surface area contributed by atoms with Crippen LogP contribution in [-0.4, -0.2) is 5.91 Å². The van der Waals surface area contributed by atoms with Gasteiger partial charge in [-0.05, 0) is 41.8 Å². The third kappa shape index (κ3) is 3.30. The number of hydrogen-bond acceptors (Lipinski definition) is 1. The minimum absolute atomic E-state index is 0.0286. The highest BCUT2D eigenvalue weighted by Crippen LogP contribution is 2.28. The number of carbonyl (C=O) groups is 1. The summed E-state index contributed by atoms with van der Waals surface area (Å²) >= 11 is 0. The normalized spacial score (nSPS) is 11.5. The van der Waals surface area contributed by atoms with Crippen molar-refractivity contribution in [3.05, 3.63) is 83.7 Å². The van der Waals surface area contributed by atoms with Crippen LogP contribution in [0, 0.1) is 5.82 Å². The van der Waals surface area contributed by atoms with E-state index in [1.807, 2.05) is 38.1 Å². The molecule has 0 aliphatic heterocycles. The van der Waals surface area contributed by atoms with Gasteiger partial charge in [0.2, 0.25) is 5.91 Å². The molecule has 0 unspecified atom stereocenters. The highest BCUT2D eigenvalue weighted by Gasteiger charge is 2.25. The molecule has 122 valence electrons. The van der Waals surface area contributed by atoms with Crippen molar-refractivity contribution < 1.29 is 9.18 Å². The van der Waals surface area contributed by atoms with E-state index in [2.05, 4.69) is 23.5 Å². The molecule has 0 spiro atoms. The Morgan fingerprint density at radius 2 is 1.62 bits per heavy atom. The van der Waals surface area contributed by atoms with Gasteiger partial charge in [0, 0.05) is 0 Å². The topological polar surface area (TPSA) is 29.1 Å². The molecule has 2 nitrogen and oxygen atoms in total. The van der Waals surface area contributed by atoms with Crippen molar-refractivity contribution in [2.45, 2.75) is 25.8 Å². The first-order valence-electron chi connectivity index (χ1n) is 8.00. The summed E-state index contributed by atoms with van der Waals surface area (Å²) in [5.41, 5.74) is 0.898. The quantitative estimate of drug-likeness (QED) is 0.749. The number of nitrogens with one attached hydrogen (secondary N) is 1. The minimum atomic E-state index is -0.552. The second-order valence-corrected chi connectivity index (χ2v) is 6.47. The Kier molecular flexibility index (Phi) is 4.34. The van der Waals surface area contributed by atoms with Crippen molar-refractivity contribution in [2.75, 3.05) is 0 Å². The Morgan fingerprint density at radius 3 is 2.42 bits per heavy atom. The maximum atomic E-state index is 13.7. The molecule has 1 amide bonds. The lowest BCUT2D eigenvalue weighted by Gasteiger charge is -2.28. The van der Waals surface area contributed by atoms with Crippen molar-refractivity contribution >= 4 is 16.7 Å². The van der Waals surface area contributed by atoms with Crippen LogP contribution in [0.15, 0.2) is 66.7 Å². The Bertz CT molecular complexity index is 880. The van der Waals surface area contributed by atoms with Gasteiger partial charge in [-0.25, -0.2) is 4.39 Å². The molecular weight excluding hydrogens is 301 g/mol. The SMILES string of the molecule is CC(C)(NC(=O)Cc1ccccc1F)c1cccc2ccccc12. The molecule has 0 bridgehead atoms. The predicted octanol–water partition coefficient (Wildman–Crippen LogP) is 4.57. The number of carbonyl (C=O) groups excluding carboxylic acids is 1.